The zero-order valence-corrected chi connectivity index (χ0v) is 21.0. The van der Waals surface area contributed by atoms with Crippen molar-refractivity contribution in [3.8, 4) is 22.6 Å². The molecule has 4 aromatic rings. The molecular weight excluding hydrogens is 476 g/mol. The van der Waals surface area contributed by atoms with Crippen molar-refractivity contribution in [2.75, 3.05) is 17.7 Å². The lowest BCUT2D eigenvalue weighted by molar-refractivity contribution is -0.118. The number of nitrogens with two attached hydrogens (primary N) is 1. The van der Waals surface area contributed by atoms with E-state index in [-0.39, 0.29) is 24.5 Å². The highest BCUT2D eigenvalue weighted by Gasteiger charge is 2.36. The smallest absolute Gasteiger partial charge is 0.232 e. The Bertz CT molecular complexity index is 1400. The molecule has 7 nitrogen and oxygen atoms in total. The lowest BCUT2D eigenvalue weighted by Crippen LogP contribution is -2.41. The van der Waals surface area contributed by atoms with Gasteiger partial charge in [-0.2, -0.15) is 5.10 Å². The van der Waals surface area contributed by atoms with Gasteiger partial charge in [-0.25, -0.2) is 0 Å². The van der Waals surface area contributed by atoms with Crippen LogP contribution in [0.5, 0.6) is 11.5 Å². The number of nitrogens with zero attached hydrogens (tertiary/aromatic N) is 2. The minimum Gasteiger partial charge on any atom is -0.493 e. The molecule has 0 radical (unpaired) electrons. The van der Waals surface area contributed by atoms with E-state index in [1.54, 1.807) is 13.3 Å². The minimum atomic E-state index is -0.372. The summed E-state index contributed by atoms with van der Waals surface area (Å²) in [4.78, 5) is 15.5. The fourth-order valence-electron chi connectivity index (χ4n) is 4.66. The first-order valence-corrected chi connectivity index (χ1v) is 12.1. The topological polar surface area (TPSA) is 93.5 Å². The van der Waals surface area contributed by atoms with Gasteiger partial charge in [0.1, 0.15) is 5.82 Å². The number of H-pyrrole nitrogens is 1. The van der Waals surface area contributed by atoms with E-state index in [0.29, 0.717) is 22.3 Å². The first kappa shape index (κ1) is 23.8. The van der Waals surface area contributed by atoms with Crippen LogP contribution in [0.25, 0.3) is 11.1 Å². The van der Waals surface area contributed by atoms with Gasteiger partial charge in [0, 0.05) is 16.3 Å². The molecule has 5 rings (SSSR count). The number of aromatic nitrogens is 2. The average molecular weight is 503 g/mol. The molecule has 0 spiro atoms. The Labute approximate surface area is 214 Å². The highest BCUT2D eigenvalue weighted by atomic mass is 35.5. The van der Waals surface area contributed by atoms with Crippen molar-refractivity contribution in [3.05, 3.63) is 88.6 Å². The summed E-state index contributed by atoms with van der Waals surface area (Å²) < 4.78 is 11.7. The third kappa shape index (κ3) is 4.38. The Kier molecular flexibility index (Phi) is 6.33. The molecule has 3 aromatic carbocycles. The largest absolute Gasteiger partial charge is 0.493 e. The fraction of sp³-hybridized carbons (Fsp3) is 0.214. The van der Waals surface area contributed by atoms with Gasteiger partial charge in [0.2, 0.25) is 5.91 Å². The van der Waals surface area contributed by atoms with E-state index in [1.165, 1.54) is 0 Å². The Balaban J connectivity index is 1.64. The SMILES string of the molecule is COc1cc2c(cc1OC(C)C)C(c1ccc(Cl)cc1)N(c1ccc(-c3cn[nH]c3N)cc1)C(=O)C2. The third-order valence-corrected chi connectivity index (χ3v) is 6.51. The first-order valence-electron chi connectivity index (χ1n) is 11.7. The molecule has 0 aliphatic carbocycles. The molecule has 0 fully saturated rings. The van der Waals surface area contributed by atoms with Crippen LogP contribution < -0.4 is 20.1 Å². The van der Waals surface area contributed by atoms with Crippen LogP contribution in [0.1, 0.15) is 36.6 Å². The quantitative estimate of drug-likeness (QED) is 0.348. The Morgan fingerprint density at radius 3 is 2.42 bits per heavy atom. The van der Waals surface area contributed by atoms with Gasteiger partial charge in [0.05, 0.1) is 31.9 Å². The lowest BCUT2D eigenvalue weighted by Gasteiger charge is -2.38. The summed E-state index contributed by atoms with van der Waals surface area (Å²) in [5, 5.41) is 7.39. The fourth-order valence-corrected chi connectivity index (χ4v) is 4.78. The number of carbonyl (C=O) groups excluding carboxylic acids is 1. The number of hydrogen-bond donors (Lipinski definition) is 2. The maximum atomic E-state index is 13.6. The minimum absolute atomic E-state index is 0.0161. The number of halogens is 1. The predicted molar refractivity (Wildman–Crippen MR) is 142 cm³/mol. The summed E-state index contributed by atoms with van der Waals surface area (Å²) in [5.41, 5.74) is 11.3. The Morgan fingerprint density at radius 2 is 1.81 bits per heavy atom. The van der Waals surface area contributed by atoms with Crippen LogP contribution in [0.2, 0.25) is 5.02 Å². The van der Waals surface area contributed by atoms with Crippen LogP contribution in [-0.4, -0.2) is 29.3 Å². The lowest BCUT2D eigenvalue weighted by atomic mass is 9.86. The summed E-state index contributed by atoms with van der Waals surface area (Å²) >= 11 is 6.20. The Hall–Kier alpha value is -3.97. The van der Waals surface area contributed by atoms with Crippen molar-refractivity contribution < 1.29 is 14.3 Å². The van der Waals surface area contributed by atoms with Crippen LogP contribution in [-0.2, 0) is 11.2 Å². The van der Waals surface area contributed by atoms with Gasteiger partial charge >= 0.3 is 0 Å². The third-order valence-electron chi connectivity index (χ3n) is 6.26. The number of ether oxygens (including phenoxy) is 2. The number of aromatic amines is 1. The van der Waals surface area contributed by atoms with E-state index in [1.807, 2.05) is 79.4 Å². The number of benzene rings is 3. The molecule has 0 saturated heterocycles. The molecule has 0 bridgehead atoms. The summed E-state index contributed by atoms with van der Waals surface area (Å²) in [5.74, 6) is 1.74. The number of fused-ring (bicyclic) bond motifs is 1. The van der Waals surface area contributed by atoms with Gasteiger partial charge in [0.25, 0.3) is 0 Å². The number of methoxy groups -OCH3 is 1. The molecule has 184 valence electrons. The molecule has 1 aromatic heterocycles. The molecule has 1 aliphatic heterocycles. The monoisotopic (exact) mass is 502 g/mol. The zero-order valence-electron chi connectivity index (χ0n) is 20.3. The van der Waals surface area contributed by atoms with Gasteiger partial charge in [-0.15, -0.1) is 0 Å². The van der Waals surface area contributed by atoms with Crippen molar-refractivity contribution in [3.63, 3.8) is 0 Å². The van der Waals surface area contributed by atoms with Crippen LogP contribution in [0.3, 0.4) is 0 Å². The number of hydrogen-bond acceptors (Lipinski definition) is 5. The second kappa shape index (κ2) is 9.59. The number of anilines is 2. The number of nitrogen functional groups attached to an aromatic ring is 1. The molecule has 1 aliphatic rings. The van der Waals surface area contributed by atoms with Crippen molar-refractivity contribution in [1.82, 2.24) is 10.2 Å². The van der Waals surface area contributed by atoms with E-state index in [2.05, 4.69) is 10.2 Å². The maximum absolute atomic E-state index is 13.6. The zero-order chi connectivity index (χ0) is 25.4. The molecule has 3 N–H and O–H groups in total. The average Bonchev–Trinajstić information content (AvgIpc) is 3.29. The maximum Gasteiger partial charge on any atom is 0.232 e. The van der Waals surface area contributed by atoms with E-state index >= 15 is 0 Å². The van der Waals surface area contributed by atoms with E-state index in [9.17, 15) is 4.79 Å². The highest BCUT2D eigenvalue weighted by molar-refractivity contribution is 6.30. The van der Waals surface area contributed by atoms with E-state index in [0.717, 1.165) is 33.5 Å². The second-order valence-electron chi connectivity index (χ2n) is 9.01. The van der Waals surface area contributed by atoms with Crippen molar-refractivity contribution in [1.29, 1.82) is 0 Å². The van der Waals surface area contributed by atoms with Crippen molar-refractivity contribution in [2.24, 2.45) is 0 Å². The molecular formula is C28H27ClN4O3. The molecule has 1 atom stereocenters. The van der Waals surface area contributed by atoms with Crippen LogP contribution >= 0.6 is 11.6 Å². The van der Waals surface area contributed by atoms with Gasteiger partial charge in [-0.05, 0) is 72.5 Å². The number of nitrogens with one attached hydrogen (secondary N) is 1. The molecule has 1 amide bonds. The molecule has 36 heavy (non-hydrogen) atoms. The molecule has 2 heterocycles. The second-order valence-corrected chi connectivity index (χ2v) is 9.44. The summed E-state index contributed by atoms with van der Waals surface area (Å²) in [6.07, 6.45) is 1.90. The number of carbonyl (C=O) groups is 1. The van der Waals surface area contributed by atoms with Gasteiger partial charge in [0.15, 0.2) is 11.5 Å². The van der Waals surface area contributed by atoms with Crippen LogP contribution in [0.4, 0.5) is 11.5 Å². The highest BCUT2D eigenvalue weighted by Crippen LogP contribution is 2.44. The molecule has 8 heteroatoms. The van der Waals surface area contributed by atoms with E-state index in [4.69, 9.17) is 26.8 Å². The first-order chi connectivity index (χ1) is 17.4. The predicted octanol–water partition coefficient (Wildman–Crippen LogP) is 5.79. The van der Waals surface area contributed by atoms with Gasteiger partial charge in [-0.1, -0.05) is 35.9 Å². The Morgan fingerprint density at radius 1 is 1.08 bits per heavy atom. The summed E-state index contributed by atoms with van der Waals surface area (Å²) in [6.45, 7) is 3.94. The van der Waals surface area contributed by atoms with Crippen molar-refractivity contribution in [2.45, 2.75) is 32.4 Å². The van der Waals surface area contributed by atoms with Crippen LogP contribution in [0, 0.1) is 0 Å². The number of rotatable bonds is 6. The summed E-state index contributed by atoms with van der Waals surface area (Å²) in [6, 6.07) is 18.9. The molecule has 1 unspecified atom stereocenters. The van der Waals surface area contributed by atoms with Crippen LogP contribution in [0.15, 0.2) is 66.9 Å². The standard InChI is InChI=1S/C28H27ClN4O3/c1-16(2)36-25-14-22-19(12-24(25)35-3)13-26(34)33(27(22)18-4-8-20(29)9-5-18)21-10-6-17(7-11-21)23-15-31-32-28(23)30/h4-12,14-16,27H,13H2,1-3H3,(H3,30,31,32). The van der Waals surface area contributed by atoms with Gasteiger partial charge < -0.3 is 20.1 Å². The van der Waals surface area contributed by atoms with Crippen molar-refractivity contribution >= 4 is 29.0 Å². The summed E-state index contributed by atoms with van der Waals surface area (Å²) in [7, 11) is 1.61. The van der Waals surface area contributed by atoms with Gasteiger partial charge in [-0.3, -0.25) is 9.89 Å². The normalized spacial score (nSPS) is 15.2. The van der Waals surface area contributed by atoms with E-state index < -0.39 is 0 Å². The number of amides is 1. The molecule has 0 saturated carbocycles.